The maximum absolute atomic E-state index is 9.91. The van der Waals surface area contributed by atoms with Crippen LogP contribution in [0.5, 0.6) is 0 Å². The number of rotatable bonds is 1. The number of likely N-dealkylation sites (N-methyl/N-ethyl adjacent to an activating group) is 1. The minimum atomic E-state index is 0.490. The molecule has 0 atom stereocenters. The van der Waals surface area contributed by atoms with Gasteiger partial charge in [0.15, 0.2) is 0 Å². The van der Waals surface area contributed by atoms with Crippen LogP contribution in [0, 0.1) is 4.91 Å². The number of hydrogen-bond donors (Lipinski definition) is 0. The molecule has 0 aromatic rings. The fourth-order valence-corrected chi connectivity index (χ4v) is 0.715. The Morgan fingerprint density at radius 1 is 1.78 bits per heavy atom. The quantitative estimate of drug-likeness (QED) is 0.490. The first-order valence-corrected chi connectivity index (χ1v) is 2.75. The molecule has 1 rings (SSSR count). The van der Waals surface area contributed by atoms with Gasteiger partial charge in [-0.1, -0.05) is 6.08 Å². The Balaban J connectivity index is 2.70. The third kappa shape index (κ3) is 1.38. The van der Waals surface area contributed by atoms with E-state index in [2.05, 4.69) is 5.18 Å². The average Bonchev–Trinajstić information content (AvgIpc) is 1.88. The van der Waals surface area contributed by atoms with Crippen LogP contribution in [0.2, 0.25) is 0 Å². The van der Waals surface area contributed by atoms with Crippen molar-refractivity contribution >= 4 is 0 Å². The van der Waals surface area contributed by atoms with Crippen LogP contribution in [0.3, 0.4) is 0 Å². The van der Waals surface area contributed by atoms with Gasteiger partial charge >= 0.3 is 0 Å². The molecule has 0 fully saturated rings. The summed E-state index contributed by atoms with van der Waals surface area (Å²) in [5.74, 6) is 0. The van der Waals surface area contributed by atoms with Gasteiger partial charge in [0.2, 0.25) is 0 Å². The zero-order chi connectivity index (χ0) is 6.69. The summed E-state index contributed by atoms with van der Waals surface area (Å²) in [5, 5.41) is 2.78. The van der Waals surface area contributed by atoms with Crippen molar-refractivity contribution in [2.75, 3.05) is 13.6 Å². The van der Waals surface area contributed by atoms with Crippen LogP contribution < -0.4 is 0 Å². The van der Waals surface area contributed by atoms with E-state index in [0.29, 0.717) is 5.70 Å². The lowest BCUT2D eigenvalue weighted by Crippen LogP contribution is -2.13. The Kier molecular flexibility index (Phi) is 1.63. The molecule has 1 aliphatic heterocycles. The van der Waals surface area contributed by atoms with Gasteiger partial charge < -0.3 is 4.90 Å². The van der Waals surface area contributed by atoms with Gasteiger partial charge in [-0.05, 0) is 11.3 Å². The van der Waals surface area contributed by atoms with Crippen molar-refractivity contribution in [2.24, 2.45) is 5.18 Å². The van der Waals surface area contributed by atoms with Gasteiger partial charge in [0.1, 0.15) is 5.70 Å². The smallest absolute Gasteiger partial charge is 0.123 e. The molecule has 0 aromatic carbocycles. The topological polar surface area (TPSA) is 32.7 Å². The Hall–Kier alpha value is -1.12. The summed E-state index contributed by atoms with van der Waals surface area (Å²) in [6.07, 6.45) is 5.33. The molecule has 0 saturated carbocycles. The number of nitroso groups, excluding NO2 is 1. The third-order valence-electron chi connectivity index (χ3n) is 1.14. The fraction of sp³-hybridized carbons (Fsp3) is 0.333. The predicted molar refractivity (Wildman–Crippen MR) is 35.6 cm³/mol. The molecule has 0 aliphatic carbocycles. The largest absolute Gasteiger partial charge is 0.375 e. The maximum Gasteiger partial charge on any atom is 0.123 e. The number of nitrogens with zero attached hydrogens (tertiary/aromatic N) is 2. The fourth-order valence-electron chi connectivity index (χ4n) is 0.715. The second kappa shape index (κ2) is 2.44. The monoisotopic (exact) mass is 124 g/mol. The molecule has 0 amide bonds. The third-order valence-corrected chi connectivity index (χ3v) is 1.14. The minimum Gasteiger partial charge on any atom is -0.375 e. The first-order valence-electron chi connectivity index (χ1n) is 2.75. The molecule has 1 aliphatic rings. The first-order chi connectivity index (χ1) is 4.33. The van der Waals surface area contributed by atoms with Gasteiger partial charge in [0, 0.05) is 19.8 Å². The standard InChI is InChI=1S/C6H8N2O/c1-8-4-2-3-6(5-8)7-9/h2-3,5H,4H2,1H3. The molecule has 0 N–H and O–H groups in total. The second-order valence-electron chi connectivity index (χ2n) is 1.99. The van der Waals surface area contributed by atoms with Crippen molar-refractivity contribution < 1.29 is 0 Å². The zero-order valence-electron chi connectivity index (χ0n) is 5.24. The summed E-state index contributed by atoms with van der Waals surface area (Å²) in [6, 6.07) is 0. The van der Waals surface area contributed by atoms with Crippen molar-refractivity contribution in [1.29, 1.82) is 0 Å². The molecule has 0 radical (unpaired) electrons. The molecule has 3 heteroatoms. The molecule has 0 spiro atoms. The first kappa shape index (κ1) is 6.01. The van der Waals surface area contributed by atoms with Crippen LogP contribution in [0.1, 0.15) is 0 Å². The highest BCUT2D eigenvalue weighted by atomic mass is 16.3. The Bertz CT molecular complexity index is 172. The van der Waals surface area contributed by atoms with Crippen LogP contribution in [-0.2, 0) is 0 Å². The molecule has 0 saturated heterocycles. The molecule has 0 aromatic heterocycles. The van der Waals surface area contributed by atoms with Crippen LogP contribution in [0.25, 0.3) is 0 Å². The van der Waals surface area contributed by atoms with E-state index in [1.165, 1.54) is 0 Å². The Morgan fingerprint density at radius 3 is 3.00 bits per heavy atom. The lowest BCUT2D eigenvalue weighted by molar-refractivity contribution is 0.499. The summed E-state index contributed by atoms with van der Waals surface area (Å²) in [5.41, 5.74) is 0.490. The molecule has 1 heterocycles. The van der Waals surface area contributed by atoms with E-state index in [-0.39, 0.29) is 0 Å². The highest BCUT2D eigenvalue weighted by Crippen LogP contribution is 2.05. The van der Waals surface area contributed by atoms with Gasteiger partial charge in [-0.25, -0.2) is 0 Å². The number of hydrogen-bond acceptors (Lipinski definition) is 3. The van der Waals surface area contributed by atoms with Gasteiger partial charge in [0.05, 0.1) is 0 Å². The van der Waals surface area contributed by atoms with Gasteiger partial charge in [-0.2, -0.15) is 0 Å². The maximum atomic E-state index is 9.91. The Labute approximate surface area is 53.6 Å². The molecule has 0 bridgehead atoms. The molecule has 3 nitrogen and oxygen atoms in total. The second-order valence-corrected chi connectivity index (χ2v) is 1.99. The van der Waals surface area contributed by atoms with E-state index in [1.54, 1.807) is 12.3 Å². The van der Waals surface area contributed by atoms with E-state index in [0.717, 1.165) is 6.54 Å². The van der Waals surface area contributed by atoms with E-state index in [9.17, 15) is 4.91 Å². The van der Waals surface area contributed by atoms with Crippen LogP contribution >= 0.6 is 0 Å². The lowest BCUT2D eigenvalue weighted by Gasteiger charge is -2.13. The van der Waals surface area contributed by atoms with Crippen molar-refractivity contribution in [3.8, 4) is 0 Å². The van der Waals surface area contributed by atoms with Crippen LogP contribution in [0.15, 0.2) is 29.2 Å². The minimum absolute atomic E-state index is 0.490. The van der Waals surface area contributed by atoms with E-state index >= 15 is 0 Å². The molecule has 0 unspecified atom stereocenters. The summed E-state index contributed by atoms with van der Waals surface area (Å²) in [4.78, 5) is 11.8. The predicted octanol–water partition coefficient (Wildman–Crippen LogP) is 1.10. The van der Waals surface area contributed by atoms with E-state index in [1.807, 2.05) is 18.0 Å². The van der Waals surface area contributed by atoms with Crippen molar-refractivity contribution in [3.63, 3.8) is 0 Å². The Morgan fingerprint density at radius 2 is 2.56 bits per heavy atom. The van der Waals surface area contributed by atoms with E-state index < -0.39 is 0 Å². The van der Waals surface area contributed by atoms with Gasteiger partial charge in [-0.3, -0.25) is 0 Å². The van der Waals surface area contributed by atoms with Crippen molar-refractivity contribution in [1.82, 2.24) is 4.90 Å². The highest BCUT2D eigenvalue weighted by molar-refractivity contribution is 5.20. The van der Waals surface area contributed by atoms with Gasteiger partial charge in [0.25, 0.3) is 0 Å². The summed E-state index contributed by atoms with van der Waals surface area (Å²) in [7, 11) is 1.90. The summed E-state index contributed by atoms with van der Waals surface area (Å²) in [6.45, 7) is 0.860. The van der Waals surface area contributed by atoms with Crippen molar-refractivity contribution in [3.05, 3.63) is 29.0 Å². The SMILES string of the molecule is CN1C=C(N=O)C=CC1. The average molecular weight is 124 g/mol. The molecule has 9 heavy (non-hydrogen) atoms. The number of allylic oxidation sites excluding steroid dienone is 1. The van der Waals surface area contributed by atoms with Gasteiger partial charge in [-0.15, -0.1) is 4.91 Å². The lowest BCUT2D eigenvalue weighted by atomic mass is 10.3. The van der Waals surface area contributed by atoms with Crippen LogP contribution in [0.4, 0.5) is 0 Å². The molecular formula is C6H8N2O. The normalized spacial score (nSPS) is 17.4. The highest BCUT2D eigenvalue weighted by Gasteiger charge is 1.98. The summed E-state index contributed by atoms with van der Waals surface area (Å²) < 4.78 is 0. The van der Waals surface area contributed by atoms with Crippen molar-refractivity contribution in [2.45, 2.75) is 0 Å². The molecular weight excluding hydrogens is 116 g/mol. The summed E-state index contributed by atoms with van der Waals surface area (Å²) >= 11 is 0. The van der Waals surface area contributed by atoms with Crippen LogP contribution in [-0.4, -0.2) is 18.5 Å². The molecule has 48 valence electrons. The van der Waals surface area contributed by atoms with E-state index in [4.69, 9.17) is 0 Å². The zero-order valence-corrected chi connectivity index (χ0v) is 5.24.